The number of hydrogen-bond donors (Lipinski definition) is 1. The lowest BCUT2D eigenvalue weighted by Crippen LogP contribution is -2.51. The van der Waals surface area contributed by atoms with Gasteiger partial charge in [0, 0.05) is 18.5 Å². The van der Waals surface area contributed by atoms with Crippen LogP contribution in [-0.2, 0) is 12.8 Å². The standard InChI is InChI=1S/C20H28N2O2/c1-12-2-3-17-16(4-12)18(22-24-17)19(23)21-11-20-8-13-5-14(9-20)7-15(6-13)10-20/h12-15H,2-11H2,1H3,(H,21,23). The lowest BCUT2D eigenvalue weighted by molar-refractivity contribution is -0.0503. The van der Waals surface area contributed by atoms with E-state index in [9.17, 15) is 4.79 Å². The summed E-state index contributed by atoms with van der Waals surface area (Å²) < 4.78 is 5.44. The van der Waals surface area contributed by atoms with E-state index in [4.69, 9.17) is 4.52 Å². The van der Waals surface area contributed by atoms with Gasteiger partial charge in [-0.1, -0.05) is 12.1 Å². The number of carbonyl (C=O) groups excluding carboxylic acids is 1. The summed E-state index contributed by atoms with van der Waals surface area (Å²) in [5.41, 5.74) is 2.00. The van der Waals surface area contributed by atoms with Crippen molar-refractivity contribution in [1.82, 2.24) is 10.5 Å². The average Bonchev–Trinajstić information content (AvgIpc) is 2.94. The van der Waals surface area contributed by atoms with Crippen molar-refractivity contribution in [3.05, 3.63) is 17.0 Å². The molecule has 0 radical (unpaired) electrons. The number of carbonyl (C=O) groups is 1. The summed E-state index contributed by atoms with van der Waals surface area (Å²) in [6.07, 6.45) is 11.3. The van der Waals surface area contributed by atoms with Gasteiger partial charge in [-0.25, -0.2) is 0 Å². The predicted molar refractivity (Wildman–Crippen MR) is 90.6 cm³/mol. The average molecular weight is 328 g/mol. The Morgan fingerprint density at radius 2 is 1.88 bits per heavy atom. The second kappa shape index (κ2) is 5.34. The van der Waals surface area contributed by atoms with Crippen molar-refractivity contribution in [2.75, 3.05) is 6.54 Å². The highest BCUT2D eigenvalue weighted by atomic mass is 16.5. The summed E-state index contributed by atoms with van der Waals surface area (Å²) in [4.78, 5) is 12.7. The highest BCUT2D eigenvalue weighted by Crippen LogP contribution is 2.59. The molecule has 1 amide bonds. The van der Waals surface area contributed by atoms with E-state index < -0.39 is 0 Å². The van der Waals surface area contributed by atoms with Gasteiger partial charge in [0.1, 0.15) is 5.76 Å². The number of aromatic nitrogens is 1. The van der Waals surface area contributed by atoms with Crippen LogP contribution in [0.1, 0.15) is 73.7 Å². The van der Waals surface area contributed by atoms with Crippen molar-refractivity contribution < 1.29 is 9.32 Å². The summed E-state index contributed by atoms with van der Waals surface area (Å²) in [6.45, 7) is 3.08. The van der Waals surface area contributed by atoms with Gasteiger partial charge in [-0.3, -0.25) is 4.79 Å². The lowest BCUT2D eigenvalue weighted by Gasteiger charge is -2.56. The molecule has 0 saturated heterocycles. The molecule has 130 valence electrons. The van der Waals surface area contributed by atoms with Gasteiger partial charge in [0.05, 0.1) is 0 Å². The van der Waals surface area contributed by atoms with Crippen LogP contribution in [0.5, 0.6) is 0 Å². The number of hydrogen-bond acceptors (Lipinski definition) is 3. The van der Waals surface area contributed by atoms with Crippen LogP contribution in [0.2, 0.25) is 0 Å². The van der Waals surface area contributed by atoms with E-state index in [0.29, 0.717) is 17.0 Å². The molecule has 1 aromatic heterocycles. The SMILES string of the molecule is CC1CCc2onc(C(=O)NCC34CC5CC(CC(C5)C3)C4)c2C1. The molecule has 1 heterocycles. The Kier molecular flexibility index (Phi) is 3.33. The molecule has 0 spiro atoms. The van der Waals surface area contributed by atoms with E-state index in [0.717, 1.165) is 54.9 Å². The van der Waals surface area contributed by atoms with Gasteiger partial charge in [-0.05, 0) is 80.5 Å². The molecule has 4 saturated carbocycles. The lowest BCUT2D eigenvalue weighted by atomic mass is 9.49. The van der Waals surface area contributed by atoms with Gasteiger partial charge in [0.15, 0.2) is 5.69 Å². The maximum absolute atomic E-state index is 12.7. The van der Waals surface area contributed by atoms with Crippen LogP contribution >= 0.6 is 0 Å². The molecule has 4 fully saturated rings. The fourth-order valence-electron chi connectivity index (χ4n) is 6.61. The molecule has 0 aliphatic heterocycles. The van der Waals surface area contributed by atoms with E-state index in [1.807, 2.05) is 0 Å². The first-order valence-electron chi connectivity index (χ1n) is 9.86. The third-order valence-electron chi connectivity index (χ3n) is 7.29. The number of nitrogens with zero attached hydrogens (tertiary/aromatic N) is 1. The highest BCUT2D eigenvalue weighted by Gasteiger charge is 2.50. The molecular weight excluding hydrogens is 300 g/mol. The van der Waals surface area contributed by atoms with E-state index in [1.54, 1.807) is 0 Å². The van der Waals surface area contributed by atoms with E-state index in [1.165, 1.54) is 38.5 Å². The molecule has 5 aliphatic rings. The van der Waals surface area contributed by atoms with Gasteiger partial charge >= 0.3 is 0 Å². The van der Waals surface area contributed by atoms with Crippen LogP contribution in [0.25, 0.3) is 0 Å². The summed E-state index contributed by atoms with van der Waals surface area (Å²) in [6, 6.07) is 0. The van der Waals surface area contributed by atoms with Gasteiger partial charge < -0.3 is 9.84 Å². The van der Waals surface area contributed by atoms with Crippen LogP contribution < -0.4 is 5.32 Å². The molecule has 24 heavy (non-hydrogen) atoms. The van der Waals surface area contributed by atoms with Gasteiger partial charge in [0.25, 0.3) is 5.91 Å². The molecule has 1 N–H and O–H groups in total. The van der Waals surface area contributed by atoms with Crippen LogP contribution in [0.3, 0.4) is 0 Å². The molecule has 4 heteroatoms. The molecule has 4 bridgehead atoms. The third kappa shape index (κ3) is 2.41. The number of amides is 1. The Bertz CT molecular complexity index is 627. The highest BCUT2D eigenvalue weighted by molar-refractivity contribution is 5.93. The fourth-order valence-corrected chi connectivity index (χ4v) is 6.61. The fraction of sp³-hybridized carbons (Fsp3) is 0.800. The van der Waals surface area contributed by atoms with E-state index >= 15 is 0 Å². The second-order valence-electron chi connectivity index (χ2n) is 9.38. The Balaban J connectivity index is 1.29. The van der Waals surface area contributed by atoms with Crippen molar-refractivity contribution in [3.63, 3.8) is 0 Å². The number of nitrogens with one attached hydrogen (secondary N) is 1. The minimum Gasteiger partial charge on any atom is -0.360 e. The molecule has 4 nitrogen and oxygen atoms in total. The number of aryl methyl sites for hydroxylation is 1. The Labute approximate surface area is 143 Å². The number of rotatable bonds is 3. The summed E-state index contributed by atoms with van der Waals surface area (Å²) >= 11 is 0. The topological polar surface area (TPSA) is 55.1 Å². The van der Waals surface area contributed by atoms with Crippen LogP contribution in [0.15, 0.2) is 4.52 Å². The van der Waals surface area contributed by atoms with E-state index in [2.05, 4.69) is 17.4 Å². The molecule has 0 aromatic carbocycles. The first-order valence-corrected chi connectivity index (χ1v) is 9.86. The van der Waals surface area contributed by atoms with Crippen molar-refractivity contribution in [2.45, 2.75) is 64.7 Å². The molecule has 5 aliphatic carbocycles. The first kappa shape index (κ1) is 15.0. The first-order chi connectivity index (χ1) is 11.6. The Morgan fingerprint density at radius 1 is 1.21 bits per heavy atom. The van der Waals surface area contributed by atoms with Crippen LogP contribution in [0, 0.1) is 29.1 Å². The monoisotopic (exact) mass is 328 g/mol. The van der Waals surface area contributed by atoms with Crippen molar-refractivity contribution in [2.24, 2.45) is 29.1 Å². The molecule has 1 aromatic rings. The Morgan fingerprint density at radius 3 is 2.54 bits per heavy atom. The van der Waals surface area contributed by atoms with Crippen LogP contribution in [0.4, 0.5) is 0 Å². The van der Waals surface area contributed by atoms with Crippen molar-refractivity contribution >= 4 is 5.91 Å². The van der Waals surface area contributed by atoms with Gasteiger partial charge in [0.2, 0.25) is 0 Å². The zero-order chi connectivity index (χ0) is 16.3. The molecule has 6 rings (SSSR count). The maximum atomic E-state index is 12.7. The molecular formula is C20H28N2O2. The largest absolute Gasteiger partial charge is 0.360 e. The smallest absolute Gasteiger partial charge is 0.273 e. The van der Waals surface area contributed by atoms with Crippen molar-refractivity contribution in [1.29, 1.82) is 0 Å². The minimum absolute atomic E-state index is 0.00940. The number of fused-ring (bicyclic) bond motifs is 1. The minimum atomic E-state index is -0.00940. The van der Waals surface area contributed by atoms with E-state index in [-0.39, 0.29) is 5.91 Å². The second-order valence-corrected chi connectivity index (χ2v) is 9.38. The summed E-state index contributed by atoms with van der Waals surface area (Å²) in [5, 5.41) is 7.36. The zero-order valence-electron chi connectivity index (χ0n) is 14.6. The molecule has 1 atom stereocenters. The quantitative estimate of drug-likeness (QED) is 0.919. The summed E-state index contributed by atoms with van der Waals surface area (Å²) in [5.74, 6) is 4.32. The molecule has 1 unspecified atom stereocenters. The zero-order valence-corrected chi connectivity index (χ0v) is 14.6. The van der Waals surface area contributed by atoms with Gasteiger partial charge in [-0.15, -0.1) is 0 Å². The maximum Gasteiger partial charge on any atom is 0.273 e. The Hall–Kier alpha value is -1.32. The predicted octanol–water partition coefficient (Wildman–Crippen LogP) is 3.75. The summed E-state index contributed by atoms with van der Waals surface area (Å²) in [7, 11) is 0. The normalized spacial score (nSPS) is 39.7. The van der Waals surface area contributed by atoms with Crippen molar-refractivity contribution in [3.8, 4) is 0 Å². The third-order valence-corrected chi connectivity index (χ3v) is 7.29. The van der Waals surface area contributed by atoms with Crippen LogP contribution in [-0.4, -0.2) is 17.6 Å². The van der Waals surface area contributed by atoms with Gasteiger partial charge in [-0.2, -0.15) is 0 Å².